The molecular formula is C13H18F2N2. The smallest absolute Gasteiger partial charge is 0.163 e. The van der Waals surface area contributed by atoms with Crippen molar-refractivity contribution in [3.8, 4) is 0 Å². The lowest BCUT2D eigenvalue weighted by molar-refractivity contribution is 0.147. The SMILES string of the molecule is CCC1CNCCN1Cc1cccc(F)c1F. The highest BCUT2D eigenvalue weighted by molar-refractivity contribution is 5.19. The first-order chi connectivity index (χ1) is 8.22. The van der Waals surface area contributed by atoms with Gasteiger partial charge in [-0.1, -0.05) is 19.1 Å². The number of nitrogens with one attached hydrogen (secondary N) is 1. The third-order valence-electron chi connectivity index (χ3n) is 3.35. The molecule has 1 aliphatic heterocycles. The largest absolute Gasteiger partial charge is 0.314 e. The van der Waals surface area contributed by atoms with Crippen molar-refractivity contribution in [1.29, 1.82) is 0 Å². The molecule has 0 saturated carbocycles. The monoisotopic (exact) mass is 240 g/mol. The second-order valence-electron chi connectivity index (χ2n) is 4.45. The number of hydrogen-bond acceptors (Lipinski definition) is 2. The van der Waals surface area contributed by atoms with Gasteiger partial charge in [0, 0.05) is 37.8 Å². The van der Waals surface area contributed by atoms with Gasteiger partial charge in [-0.3, -0.25) is 4.90 Å². The molecule has 0 aromatic heterocycles. The molecule has 1 atom stereocenters. The highest BCUT2D eigenvalue weighted by atomic mass is 19.2. The zero-order chi connectivity index (χ0) is 12.3. The maximum absolute atomic E-state index is 13.6. The molecule has 1 saturated heterocycles. The molecule has 0 amide bonds. The standard InChI is InChI=1S/C13H18F2N2/c1-2-11-8-16-6-7-17(11)9-10-4-3-5-12(14)13(10)15/h3-5,11,16H,2,6-9H2,1H3. The van der Waals surface area contributed by atoms with Crippen LogP contribution in [0.4, 0.5) is 8.78 Å². The molecule has 17 heavy (non-hydrogen) atoms. The second-order valence-corrected chi connectivity index (χ2v) is 4.45. The van der Waals surface area contributed by atoms with Crippen LogP contribution in [-0.4, -0.2) is 30.6 Å². The molecule has 1 heterocycles. The molecule has 1 aromatic rings. The van der Waals surface area contributed by atoms with Crippen LogP contribution in [0.2, 0.25) is 0 Å². The lowest BCUT2D eigenvalue weighted by Gasteiger charge is -2.35. The number of nitrogens with zero attached hydrogens (tertiary/aromatic N) is 1. The van der Waals surface area contributed by atoms with Gasteiger partial charge in [-0.2, -0.15) is 0 Å². The summed E-state index contributed by atoms with van der Waals surface area (Å²) in [6, 6.07) is 4.80. The molecule has 0 spiro atoms. The van der Waals surface area contributed by atoms with Crippen LogP contribution < -0.4 is 5.32 Å². The van der Waals surface area contributed by atoms with Crippen molar-refractivity contribution in [2.75, 3.05) is 19.6 Å². The Morgan fingerprint density at radius 3 is 3.00 bits per heavy atom. The molecule has 94 valence electrons. The van der Waals surface area contributed by atoms with Gasteiger partial charge in [-0.15, -0.1) is 0 Å². The molecule has 0 aliphatic carbocycles. The average Bonchev–Trinajstić information content (AvgIpc) is 2.35. The normalized spacial score (nSPS) is 21.7. The Labute approximate surface area is 101 Å². The van der Waals surface area contributed by atoms with Crippen LogP contribution in [0.25, 0.3) is 0 Å². The highest BCUT2D eigenvalue weighted by Gasteiger charge is 2.21. The number of halogens is 2. The van der Waals surface area contributed by atoms with E-state index >= 15 is 0 Å². The van der Waals surface area contributed by atoms with Crippen LogP contribution in [0, 0.1) is 11.6 Å². The fraction of sp³-hybridized carbons (Fsp3) is 0.538. The van der Waals surface area contributed by atoms with Crippen LogP contribution in [0.5, 0.6) is 0 Å². The van der Waals surface area contributed by atoms with E-state index in [4.69, 9.17) is 0 Å². The average molecular weight is 240 g/mol. The van der Waals surface area contributed by atoms with Crippen molar-refractivity contribution in [3.05, 3.63) is 35.4 Å². The summed E-state index contributed by atoms with van der Waals surface area (Å²) in [5.74, 6) is -1.47. The van der Waals surface area contributed by atoms with Crippen LogP contribution in [0.1, 0.15) is 18.9 Å². The molecule has 1 unspecified atom stereocenters. The summed E-state index contributed by atoms with van der Waals surface area (Å²) in [6.45, 7) is 5.33. The summed E-state index contributed by atoms with van der Waals surface area (Å²) in [5, 5.41) is 3.32. The molecule has 1 fully saturated rings. The van der Waals surface area contributed by atoms with E-state index in [-0.39, 0.29) is 0 Å². The minimum absolute atomic E-state index is 0.409. The van der Waals surface area contributed by atoms with Crippen LogP contribution in [0.15, 0.2) is 18.2 Å². The predicted molar refractivity (Wildman–Crippen MR) is 63.7 cm³/mol. The van der Waals surface area contributed by atoms with Crippen LogP contribution in [0.3, 0.4) is 0 Å². The van der Waals surface area contributed by atoms with Crippen molar-refractivity contribution in [2.24, 2.45) is 0 Å². The van der Waals surface area contributed by atoms with E-state index in [9.17, 15) is 8.78 Å². The van der Waals surface area contributed by atoms with Gasteiger partial charge in [0.1, 0.15) is 0 Å². The third kappa shape index (κ3) is 2.82. The first-order valence-corrected chi connectivity index (χ1v) is 6.10. The van der Waals surface area contributed by atoms with Crippen molar-refractivity contribution in [2.45, 2.75) is 25.9 Å². The summed E-state index contributed by atoms with van der Waals surface area (Å²) in [4.78, 5) is 2.22. The Bertz CT molecular complexity index is 382. The molecule has 2 rings (SSSR count). The Hall–Kier alpha value is -1.00. The fourth-order valence-electron chi connectivity index (χ4n) is 2.30. The Morgan fingerprint density at radius 1 is 1.41 bits per heavy atom. The minimum Gasteiger partial charge on any atom is -0.314 e. The van der Waals surface area contributed by atoms with Gasteiger partial charge in [0.15, 0.2) is 11.6 Å². The summed E-state index contributed by atoms with van der Waals surface area (Å²) in [5.41, 5.74) is 0.449. The van der Waals surface area contributed by atoms with Crippen LogP contribution in [-0.2, 0) is 6.54 Å². The maximum Gasteiger partial charge on any atom is 0.163 e. The van der Waals surface area contributed by atoms with E-state index in [1.54, 1.807) is 12.1 Å². The van der Waals surface area contributed by atoms with E-state index in [0.29, 0.717) is 18.2 Å². The molecule has 4 heteroatoms. The molecule has 0 radical (unpaired) electrons. The van der Waals surface area contributed by atoms with Crippen molar-refractivity contribution in [1.82, 2.24) is 10.2 Å². The molecule has 2 nitrogen and oxygen atoms in total. The van der Waals surface area contributed by atoms with Gasteiger partial charge < -0.3 is 5.32 Å². The number of hydrogen-bond donors (Lipinski definition) is 1. The van der Waals surface area contributed by atoms with Crippen molar-refractivity contribution < 1.29 is 8.78 Å². The number of rotatable bonds is 3. The third-order valence-corrected chi connectivity index (χ3v) is 3.35. The van der Waals surface area contributed by atoms with E-state index in [1.165, 1.54) is 0 Å². The Kier molecular flexibility index (Phi) is 4.07. The summed E-state index contributed by atoms with van der Waals surface area (Å²) >= 11 is 0. The topological polar surface area (TPSA) is 15.3 Å². The van der Waals surface area contributed by atoms with E-state index in [2.05, 4.69) is 17.1 Å². The molecule has 1 aliphatic rings. The van der Waals surface area contributed by atoms with E-state index in [0.717, 1.165) is 32.1 Å². The number of piperazine rings is 1. The first kappa shape index (κ1) is 12.5. The minimum atomic E-state index is -0.759. The van der Waals surface area contributed by atoms with Gasteiger partial charge in [0.25, 0.3) is 0 Å². The van der Waals surface area contributed by atoms with Gasteiger partial charge in [0.2, 0.25) is 0 Å². The summed E-state index contributed by atoms with van der Waals surface area (Å²) in [7, 11) is 0. The molecule has 1 N–H and O–H groups in total. The predicted octanol–water partition coefficient (Wildman–Crippen LogP) is 2.15. The Morgan fingerprint density at radius 2 is 2.24 bits per heavy atom. The Balaban J connectivity index is 2.11. The number of benzene rings is 1. The van der Waals surface area contributed by atoms with Crippen molar-refractivity contribution >= 4 is 0 Å². The van der Waals surface area contributed by atoms with Gasteiger partial charge in [-0.05, 0) is 12.5 Å². The molecule has 1 aromatic carbocycles. The first-order valence-electron chi connectivity index (χ1n) is 6.10. The highest BCUT2D eigenvalue weighted by Crippen LogP contribution is 2.17. The lowest BCUT2D eigenvalue weighted by Crippen LogP contribution is -2.50. The summed E-state index contributed by atoms with van der Waals surface area (Å²) < 4.78 is 26.7. The maximum atomic E-state index is 13.6. The van der Waals surface area contributed by atoms with Crippen molar-refractivity contribution in [3.63, 3.8) is 0 Å². The quantitative estimate of drug-likeness (QED) is 0.871. The van der Waals surface area contributed by atoms with E-state index in [1.807, 2.05) is 0 Å². The fourth-order valence-corrected chi connectivity index (χ4v) is 2.30. The zero-order valence-corrected chi connectivity index (χ0v) is 10.0. The van der Waals surface area contributed by atoms with Gasteiger partial charge in [0.05, 0.1) is 0 Å². The molecule has 0 bridgehead atoms. The molecular weight excluding hydrogens is 222 g/mol. The van der Waals surface area contributed by atoms with Crippen LogP contribution >= 0.6 is 0 Å². The summed E-state index contributed by atoms with van der Waals surface area (Å²) in [6.07, 6.45) is 1.02. The van der Waals surface area contributed by atoms with Gasteiger partial charge in [-0.25, -0.2) is 8.78 Å². The second kappa shape index (κ2) is 5.56. The lowest BCUT2D eigenvalue weighted by atomic mass is 10.1. The van der Waals surface area contributed by atoms with E-state index < -0.39 is 11.6 Å². The zero-order valence-electron chi connectivity index (χ0n) is 10.0. The van der Waals surface area contributed by atoms with Gasteiger partial charge >= 0.3 is 0 Å².